The Bertz CT molecular complexity index is 1970. The maximum Gasteiger partial charge on any atom is 0.226 e. The molecule has 78 heavy (non-hydrogen) atoms. The zero-order valence-corrected chi connectivity index (χ0v) is 49.2. The van der Waals surface area contributed by atoms with Gasteiger partial charge in [0.1, 0.15) is 29.1 Å². The number of aliphatic hydroxyl groups is 1. The van der Waals surface area contributed by atoms with Gasteiger partial charge in [-0.05, 0) is 74.0 Å². The highest BCUT2D eigenvalue weighted by Gasteiger charge is 2.52. The van der Waals surface area contributed by atoms with Gasteiger partial charge in [-0.15, -0.1) is 0 Å². The Morgan fingerprint density at radius 3 is 1.08 bits per heavy atom. The highest BCUT2D eigenvalue weighted by atomic mass is 16.3. The maximum atomic E-state index is 15.5. The minimum Gasteiger partial charge on any atom is -0.511 e. The molecule has 436 valence electrons. The molecule has 1 aromatic heterocycles. The first kappa shape index (κ1) is 58.9. The van der Waals surface area contributed by atoms with Crippen LogP contribution in [0.15, 0.2) is 20.7 Å². The number of nitrogens with zero attached hydrogens (tertiary/aromatic N) is 5. The fourth-order valence-electron chi connectivity index (χ4n) is 15.6. The molecule has 7 fully saturated rings. The standard InChI is InChI=1S/C66H110N10O2/c77-59-55(57-61(67-43-19-13-37-49-25-1-2-26-49)73-65(71-47-23-17-41-53-33-9-10-34-53)74-62(57)68-44-20-14-38-50-27-3-4-28-50)60(78)56(59)58-63(69-45-21-15-39-51-29-5-6-30-51)75-66(72-48-24-18-42-54-35-11-12-36-54)76-64(58)70-46-22-16-40-52-31-7-8-32-52/h49-55,57,77H,1-48H2,(H2,67,68,71,73,74)(H3,69,70,72,75,76). The summed E-state index contributed by atoms with van der Waals surface area (Å²) in [6.45, 7) is 4.36. The van der Waals surface area contributed by atoms with Crippen molar-refractivity contribution >= 4 is 46.6 Å². The van der Waals surface area contributed by atoms with E-state index in [1.54, 1.807) is 0 Å². The Hall–Kier alpha value is -3.70. The van der Waals surface area contributed by atoms with E-state index in [4.69, 9.17) is 24.9 Å². The number of hydrogen-bond donors (Lipinski definition) is 6. The van der Waals surface area contributed by atoms with E-state index >= 15 is 4.79 Å². The average molecular weight is 1080 g/mol. The Morgan fingerprint density at radius 1 is 0.410 bits per heavy atom. The number of carbonyl (C=O) groups is 1. The van der Waals surface area contributed by atoms with E-state index in [-0.39, 0.29) is 11.5 Å². The molecule has 9 rings (SSSR count). The molecular formula is C66H110N10O2. The second kappa shape index (κ2) is 32.7. The SMILES string of the molecule is O=C1C(c2c(NCCCCC3CCCC3)nc(NCCCCC3CCCC3)nc2NCCCCC2CCCC2)=C(O)C1C1C(=NCCCCC2CCCC2)NC(=NCCCCC2CCCC2)NC1=NCCCCC1CCCC1. The number of nitrogens with one attached hydrogen (secondary N) is 5. The fraction of sp³-hybridized carbons (Fsp3) is 0.848. The molecule has 1 aromatic rings. The van der Waals surface area contributed by atoms with E-state index in [0.29, 0.717) is 59.4 Å². The lowest BCUT2D eigenvalue weighted by Gasteiger charge is -2.39. The zero-order valence-electron chi connectivity index (χ0n) is 49.2. The third-order valence-corrected chi connectivity index (χ3v) is 20.4. The summed E-state index contributed by atoms with van der Waals surface area (Å²) in [5, 5.41) is 31.2. The van der Waals surface area contributed by atoms with Crippen molar-refractivity contribution in [3.8, 4) is 0 Å². The van der Waals surface area contributed by atoms with Crippen LogP contribution in [0.4, 0.5) is 17.6 Å². The van der Waals surface area contributed by atoms with Crippen LogP contribution in [0, 0.1) is 47.3 Å². The average Bonchev–Trinajstić information content (AvgIpc) is 4.44. The normalized spacial score (nSPS) is 24.1. The van der Waals surface area contributed by atoms with Gasteiger partial charge >= 0.3 is 0 Å². The number of unbranched alkanes of at least 4 members (excludes halogenated alkanes) is 6. The molecule has 0 spiro atoms. The van der Waals surface area contributed by atoms with Crippen molar-refractivity contribution < 1.29 is 9.90 Å². The molecule has 7 aliphatic carbocycles. The number of aliphatic imine (C=N–C) groups is 3. The summed E-state index contributed by atoms with van der Waals surface area (Å²) >= 11 is 0. The van der Waals surface area contributed by atoms with Gasteiger partial charge in [-0.1, -0.05) is 231 Å². The lowest BCUT2D eigenvalue weighted by molar-refractivity contribution is -0.119. The minimum atomic E-state index is -0.835. The smallest absolute Gasteiger partial charge is 0.226 e. The van der Waals surface area contributed by atoms with Crippen LogP contribution in [0.1, 0.15) is 275 Å². The number of anilines is 3. The third-order valence-electron chi connectivity index (χ3n) is 20.4. The Labute approximate surface area is 473 Å². The van der Waals surface area contributed by atoms with Crippen molar-refractivity contribution in [3.63, 3.8) is 0 Å². The zero-order chi connectivity index (χ0) is 53.4. The van der Waals surface area contributed by atoms with Gasteiger partial charge in [0, 0.05) is 39.3 Å². The van der Waals surface area contributed by atoms with Gasteiger partial charge in [0.05, 0.1) is 23.0 Å². The Balaban J connectivity index is 0.984. The highest BCUT2D eigenvalue weighted by Crippen LogP contribution is 2.46. The molecule has 1 saturated heterocycles. The molecule has 6 saturated carbocycles. The van der Waals surface area contributed by atoms with Crippen LogP contribution in [0.25, 0.3) is 5.57 Å². The van der Waals surface area contributed by atoms with E-state index in [2.05, 4.69) is 26.6 Å². The van der Waals surface area contributed by atoms with Gasteiger partial charge in [-0.25, -0.2) is 0 Å². The van der Waals surface area contributed by atoms with E-state index in [1.807, 2.05) is 0 Å². The number of guanidine groups is 1. The molecule has 0 aromatic carbocycles. The van der Waals surface area contributed by atoms with Gasteiger partial charge in [-0.3, -0.25) is 19.8 Å². The van der Waals surface area contributed by atoms with Crippen molar-refractivity contribution in [2.45, 2.75) is 270 Å². The largest absolute Gasteiger partial charge is 0.511 e. The molecule has 0 radical (unpaired) electrons. The molecule has 2 heterocycles. The summed E-state index contributed by atoms with van der Waals surface area (Å²) in [4.78, 5) is 41.7. The van der Waals surface area contributed by atoms with Crippen LogP contribution in [-0.2, 0) is 4.79 Å². The molecule has 0 bridgehead atoms. The predicted molar refractivity (Wildman–Crippen MR) is 327 cm³/mol. The number of ketones is 1. The fourth-order valence-corrected chi connectivity index (χ4v) is 15.6. The van der Waals surface area contributed by atoms with E-state index < -0.39 is 11.8 Å². The number of Topliss-reactive ketones (excluding diaryl/α,β-unsaturated/α-hetero) is 1. The van der Waals surface area contributed by atoms with E-state index in [1.165, 1.54) is 218 Å². The van der Waals surface area contributed by atoms with Crippen LogP contribution >= 0.6 is 0 Å². The second-order valence-corrected chi connectivity index (χ2v) is 26.4. The summed E-state index contributed by atoms with van der Waals surface area (Å²) in [6, 6.07) is 0. The highest BCUT2D eigenvalue weighted by molar-refractivity contribution is 6.35. The van der Waals surface area contributed by atoms with E-state index in [9.17, 15) is 5.11 Å². The third kappa shape index (κ3) is 18.2. The predicted octanol–water partition coefficient (Wildman–Crippen LogP) is 16.3. The molecule has 1 unspecified atom stereocenters. The van der Waals surface area contributed by atoms with Crippen LogP contribution < -0.4 is 26.6 Å². The number of amidine groups is 2. The number of aliphatic hydroxyl groups excluding tert-OH is 1. The molecular weight excluding hydrogens is 965 g/mol. The number of hydrogen-bond acceptors (Lipinski definition) is 10. The second-order valence-electron chi connectivity index (χ2n) is 26.4. The van der Waals surface area contributed by atoms with Crippen LogP contribution in [0.3, 0.4) is 0 Å². The number of allylic oxidation sites excluding steroid dienone is 2. The molecule has 1 atom stereocenters. The minimum absolute atomic E-state index is 0.0913. The first-order valence-corrected chi connectivity index (χ1v) is 33.8. The topological polar surface area (TPSA) is 160 Å². The van der Waals surface area contributed by atoms with Crippen molar-refractivity contribution in [1.29, 1.82) is 0 Å². The Morgan fingerprint density at radius 2 is 0.731 bits per heavy atom. The molecule has 0 amide bonds. The number of aromatic nitrogens is 2. The van der Waals surface area contributed by atoms with Crippen LogP contribution in [-0.4, -0.2) is 77.8 Å². The monoisotopic (exact) mass is 1070 g/mol. The van der Waals surface area contributed by atoms with Crippen molar-refractivity contribution in [3.05, 3.63) is 11.3 Å². The van der Waals surface area contributed by atoms with Gasteiger partial charge in [0.2, 0.25) is 11.9 Å². The lowest BCUT2D eigenvalue weighted by atomic mass is 9.70. The quantitative estimate of drug-likeness (QED) is 0.0364. The summed E-state index contributed by atoms with van der Waals surface area (Å²) in [7, 11) is 0. The van der Waals surface area contributed by atoms with Gasteiger partial charge < -0.3 is 31.7 Å². The first-order chi connectivity index (χ1) is 38.6. The van der Waals surface area contributed by atoms with Gasteiger partial charge in [0.25, 0.3) is 0 Å². The molecule has 6 N–H and O–H groups in total. The van der Waals surface area contributed by atoms with Crippen LogP contribution in [0.2, 0.25) is 0 Å². The number of rotatable bonds is 35. The van der Waals surface area contributed by atoms with E-state index in [0.717, 1.165) is 113 Å². The molecule has 1 aliphatic heterocycles. The van der Waals surface area contributed by atoms with Gasteiger partial charge in [-0.2, -0.15) is 9.97 Å². The van der Waals surface area contributed by atoms with Crippen molar-refractivity contribution in [2.75, 3.05) is 55.2 Å². The Kier molecular flexibility index (Phi) is 24.7. The molecule has 12 nitrogen and oxygen atoms in total. The molecule has 8 aliphatic rings. The first-order valence-electron chi connectivity index (χ1n) is 33.8. The summed E-state index contributed by atoms with van der Waals surface area (Å²) in [6.07, 6.45) is 53.9. The molecule has 12 heteroatoms. The van der Waals surface area contributed by atoms with Crippen molar-refractivity contribution in [2.24, 2.45) is 62.3 Å². The lowest BCUT2D eigenvalue weighted by Crippen LogP contribution is -2.61. The maximum absolute atomic E-state index is 15.5. The summed E-state index contributed by atoms with van der Waals surface area (Å²) in [5.74, 6) is 7.71. The summed E-state index contributed by atoms with van der Waals surface area (Å²) in [5.41, 5.74) is 0.943. The van der Waals surface area contributed by atoms with Gasteiger partial charge in [0.15, 0.2) is 5.78 Å². The summed E-state index contributed by atoms with van der Waals surface area (Å²) < 4.78 is 0. The van der Waals surface area contributed by atoms with Crippen LogP contribution in [0.5, 0.6) is 0 Å². The van der Waals surface area contributed by atoms with Crippen molar-refractivity contribution in [1.82, 2.24) is 20.6 Å². The number of carbonyl (C=O) groups excluding carboxylic acids is 1.